The molecular weight excluding hydrogens is 264 g/mol. The summed E-state index contributed by atoms with van der Waals surface area (Å²) in [6.07, 6.45) is 6.75. The van der Waals surface area contributed by atoms with Crippen LogP contribution >= 0.6 is 0 Å². The number of carbonyl (C=O) groups is 1. The van der Waals surface area contributed by atoms with Crippen molar-refractivity contribution in [2.45, 2.75) is 70.0 Å². The van der Waals surface area contributed by atoms with E-state index in [1.807, 2.05) is 6.92 Å². The van der Waals surface area contributed by atoms with Crippen LogP contribution in [0.3, 0.4) is 0 Å². The van der Waals surface area contributed by atoms with E-state index in [4.69, 9.17) is 4.74 Å². The first-order valence-electron chi connectivity index (χ1n) is 8.69. The molecule has 3 aliphatic rings. The summed E-state index contributed by atoms with van der Waals surface area (Å²) in [5.74, 6) is 1.75. The van der Waals surface area contributed by atoms with E-state index >= 15 is 0 Å². The molecule has 0 bridgehead atoms. The van der Waals surface area contributed by atoms with Gasteiger partial charge in [0.15, 0.2) is 0 Å². The van der Waals surface area contributed by atoms with Crippen LogP contribution in [0.2, 0.25) is 0 Å². The lowest BCUT2D eigenvalue weighted by Gasteiger charge is -2.30. The monoisotopic (exact) mass is 294 g/mol. The predicted molar refractivity (Wildman–Crippen MR) is 83.1 cm³/mol. The Morgan fingerprint density at radius 2 is 2.10 bits per heavy atom. The van der Waals surface area contributed by atoms with Gasteiger partial charge in [0.1, 0.15) is 5.54 Å². The Morgan fingerprint density at radius 1 is 1.38 bits per heavy atom. The number of hydrogen-bond acceptors (Lipinski definition) is 4. The highest BCUT2D eigenvalue weighted by molar-refractivity contribution is 5.81. The minimum absolute atomic E-state index is 0.0208. The van der Waals surface area contributed by atoms with Crippen LogP contribution in [0.15, 0.2) is 0 Å². The second-order valence-corrected chi connectivity index (χ2v) is 7.53. The molecule has 0 saturated heterocycles. The molecule has 3 rings (SSSR count). The van der Waals surface area contributed by atoms with Crippen LogP contribution in [0, 0.1) is 11.8 Å². The number of ether oxygens (including phenoxy) is 1. The van der Waals surface area contributed by atoms with Crippen molar-refractivity contribution in [3.05, 3.63) is 0 Å². The largest absolute Gasteiger partial charge is 0.465 e. The quantitative estimate of drug-likeness (QED) is 0.731. The third-order valence-electron chi connectivity index (χ3n) is 5.63. The highest BCUT2D eigenvalue weighted by Crippen LogP contribution is 2.41. The van der Waals surface area contributed by atoms with Crippen molar-refractivity contribution in [3.63, 3.8) is 0 Å². The second-order valence-electron chi connectivity index (χ2n) is 7.53. The Balaban J connectivity index is 1.60. The van der Waals surface area contributed by atoms with E-state index in [9.17, 15) is 4.79 Å². The zero-order chi connectivity index (χ0) is 15.0. The Labute approximate surface area is 128 Å². The molecule has 3 fully saturated rings. The maximum absolute atomic E-state index is 12.5. The van der Waals surface area contributed by atoms with Crippen LogP contribution in [0.4, 0.5) is 0 Å². The van der Waals surface area contributed by atoms with Crippen molar-refractivity contribution in [3.8, 4) is 0 Å². The van der Waals surface area contributed by atoms with Crippen LogP contribution in [-0.4, -0.2) is 48.7 Å². The SMILES string of the molecule is CCOC(=O)C1(NC2CC2)CCC(N(C)CC2CC2C)C1. The molecule has 4 atom stereocenters. The van der Waals surface area contributed by atoms with Gasteiger partial charge in [-0.3, -0.25) is 10.1 Å². The Kier molecular flexibility index (Phi) is 4.28. The van der Waals surface area contributed by atoms with Crippen LogP contribution in [0.25, 0.3) is 0 Å². The average Bonchev–Trinajstić information content (AvgIpc) is 3.32. The fourth-order valence-corrected chi connectivity index (χ4v) is 3.83. The molecule has 0 aromatic heterocycles. The molecule has 0 heterocycles. The third kappa shape index (κ3) is 3.42. The lowest BCUT2D eigenvalue weighted by atomic mass is 9.96. The van der Waals surface area contributed by atoms with Crippen LogP contribution < -0.4 is 5.32 Å². The van der Waals surface area contributed by atoms with Gasteiger partial charge in [-0.1, -0.05) is 6.92 Å². The van der Waals surface area contributed by atoms with E-state index in [2.05, 4.69) is 24.2 Å². The van der Waals surface area contributed by atoms with Gasteiger partial charge in [-0.2, -0.15) is 0 Å². The Hall–Kier alpha value is -0.610. The molecule has 21 heavy (non-hydrogen) atoms. The summed E-state index contributed by atoms with van der Waals surface area (Å²) in [6.45, 7) is 5.90. The molecule has 3 saturated carbocycles. The minimum atomic E-state index is -0.411. The van der Waals surface area contributed by atoms with Crippen LogP contribution in [-0.2, 0) is 9.53 Å². The Bertz CT molecular complexity index is 396. The maximum atomic E-state index is 12.5. The van der Waals surface area contributed by atoms with Gasteiger partial charge in [0.2, 0.25) is 0 Å². The standard InChI is InChI=1S/C17H30N2O2/c1-4-21-16(20)17(18-14-5-6-14)8-7-15(10-17)19(3)11-13-9-12(13)2/h12-15,18H,4-11H2,1-3H3. The van der Waals surface area contributed by atoms with E-state index in [-0.39, 0.29) is 5.97 Å². The van der Waals surface area contributed by atoms with Crippen LogP contribution in [0.1, 0.15) is 52.4 Å². The molecule has 4 unspecified atom stereocenters. The fourth-order valence-electron chi connectivity index (χ4n) is 3.83. The van der Waals surface area contributed by atoms with Crippen LogP contribution in [0.5, 0.6) is 0 Å². The van der Waals surface area contributed by atoms with Gasteiger partial charge in [-0.05, 0) is 64.3 Å². The average molecular weight is 294 g/mol. The van der Waals surface area contributed by atoms with E-state index in [0.29, 0.717) is 18.7 Å². The fraction of sp³-hybridized carbons (Fsp3) is 0.941. The molecule has 0 aliphatic heterocycles. The lowest BCUT2D eigenvalue weighted by molar-refractivity contribution is -0.151. The van der Waals surface area contributed by atoms with E-state index < -0.39 is 5.54 Å². The van der Waals surface area contributed by atoms with Gasteiger partial charge >= 0.3 is 5.97 Å². The van der Waals surface area contributed by atoms with Crippen molar-refractivity contribution < 1.29 is 9.53 Å². The first-order chi connectivity index (χ1) is 10.0. The molecule has 120 valence electrons. The van der Waals surface area contributed by atoms with Gasteiger partial charge in [-0.25, -0.2) is 0 Å². The molecule has 3 aliphatic carbocycles. The third-order valence-corrected chi connectivity index (χ3v) is 5.63. The van der Waals surface area contributed by atoms with E-state index in [1.165, 1.54) is 25.8 Å². The zero-order valence-corrected chi connectivity index (χ0v) is 13.7. The summed E-state index contributed by atoms with van der Waals surface area (Å²) >= 11 is 0. The van der Waals surface area contributed by atoms with Crippen molar-refractivity contribution in [2.75, 3.05) is 20.2 Å². The summed E-state index contributed by atoms with van der Waals surface area (Å²) in [7, 11) is 2.23. The molecule has 0 aromatic carbocycles. The van der Waals surface area contributed by atoms with E-state index in [1.54, 1.807) is 0 Å². The van der Waals surface area contributed by atoms with Crippen molar-refractivity contribution in [2.24, 2.45) is 11.8 Å². The number of esters is 1. The van der Waals surface area contributed by atoms with Gasteiger partial charge in [0.05, 0.1) is 6.61 Å². The first kappa shape index (κ1) is 15.3. The summed E-state index contributed by atoms with van der Waals surface area (Å²) in [4.78, 5) is 15.0. The zero-order valence-electron chi connectivity index (χ0n) is 13.7. The number of nitrogens with zero attached hydrogens (tertiary/aromatic N) is 1. The number of rotatable bonds is 7. The molecule has 0 spiro atoms. The molecule has 0 aromatic rings. The summed E-state index contributed by atoms with van der Waals surface area (Å²) in [6, 6.07) is 1.07. The molecule has 0 amide bonds. The summed E-state index contributed by atoms with van der Waals surface area (Å²) in [5, 5.41) is 3.61. The highest BCUT2D eigenvalue weighted by atomic mass is 16.5. The van der Waals surface area contributed by atoms with Gasteiger partial charge < -0.3 is 9.64 Å². The minimum Gasteiger partial charge on any atom is -0.465 e. The van der Waals surface area contributed by atoms with Gasteiger partial charge in [-0.15, -0.1) is 0 Å². The molecule has 1 N–H and O–H groups in total. The summed E-state index contributed by atoms with van der Waals surface area (Å²) < 4.78 is 5.38. The molecule has 0 radical (unpaired) electrons. The summed E-state index contributed by atoms with van der Waals surface area (Å²) in [5.41, 5.74) is -0.411. The van der Waals surface area contributed by atoms with Crippen molar-refractivity contribution >= 4 is 5.97 Å². The maximum Gasteiger partial charge on any atom is 0.326 e. The molecule has 4 heteroatoms. The topological polar surface area (TPSA) is 41.6 Å². The number of hydrogen-bond donors (Lipinski definition) is 1. The number of carbonyl (C=O) groups excluding carboxylic acids is 1. The first-order valence-corrected chi connectivity index (χ1v) is 8.69. The van der Waals surface area contributed by atoms with E-state index in [0.717, 1.165) is 31.1 Å². The van der Waals surface area contributed by atoms with Gasteiger partial charge in [0, 0.05) is 18.6 Å². The molecule has 4 nitrogen and oxygen atoms in total. The lowest BCUT2D eigenvalue weighted by Crippen LogP contribution is -2.53. The smallest absolute Gasteiger partial charge is 0.326 e. The normalized spacial score (nSPS) is 38.8. The van der Waals surface area contributed by atoms with Crippen molar-refractivity contribution in [1.29, 1.82) is 0 Å². The number of nitrogens with one attached hydrogen (secondary N) is 1. The predicted octanol–water partition coefficient (Wildman–Crippen LogP) is 2.18. The Morgan fingerprint density at radius 3 is 2.67 bits per heavy atom. The molecular formula is C17H30N2O2. The van der Waals surface area contributed by atoms with Gasteiger partial charge in [0.25, 0.3) is 0 Å². The second kappa shape index (κ2) is 5.88. The highest BCUT2D eigenvalue weighted by Gasteiger charge is 2.50. The van der Waals surface area contributed by atoms with Crippen molar-refractivity contribution in [1.82, 2.24) is 10.2 Å².